The van der Waals surface area contributed by atoms with E-state index in [4.69, 9.17) is 16.9 Å². The van der Waals surface area contributed by atoms with Crippen molar-refractivity contribution < 1.29 is 9.13 Å². The highest BCUT2D eigenvalue weighted by Gasteiger charge is 2.36. The van der Waals surface area contributed by atoms with Crippen molar-refractivity contribution in [2.75, 3.05) is 0 Å². The van der Waals surface area contributed by atoms with Crippen molar-refractivity contribution in [3.63, 3.8) is 0 Å². The normalized spacial score (nSPS) is 16.6. The van der Waals surface area contributed by atoms with E-state index in [2.05, 4.69) is 27.3 Å². The van der Waals surface area contributed by atoms with Gasteiger partial charge in [-0.2, -0.15) is 15.5 Å². The van der Waals surface area contributed by atoms with Crippen LogP contribution >= 0.6 is 0 Å². The fourth-order valence-corrected chi connectivity index (χ4v) is 4.27. The molecule has 0 aliphatic heterocycles. The van der Waals surface area contributed by atoms with Gasteiger partial charge in [-0.3, -0.25) is 9.48 Å². The highest BCUT2D eigenvalue weighted by molar-refractivity contribution is 5.92. The summed E-state index contributed by atoms with van der Waals surface area (Å²) in [4.78, 5) is 12.2. The van der Waals surface area contributed by atoms with Crippen LogP contribution < -0.4 is 16.0 Å². The fraction of sp³-hybridized carbons (Fsp3) is 0.231. The molecule has 0 radical (unpaired) electrons. The Balaban J connectivity index is 1.77. The zero-order valence-corrected chi connectivity index (χ0v) is 19.1. The molecule has 4 aromatic rings. The third-order valence-corrected chi connectivity index (χ3v) is 6.36. The van der Waals surface area contributed by atoms with Gasteiger partial charge in [0, 0.05) is 30.6 Å². The largest absolute Gasteiger partial charge is 0.489 e. The molecule has 0 bridgehead atoms. The van der Waals surface area contributed by atoms with E-state index in [0.29, 0.717) is 39.2 Å². The first-order chi connectivity index (χ1) is 16.9. The molecule has 0 saturated heterocycles. The monoisotopic (exact) mass is 468 g/mol. The van der Waals surface area contributed by atoms with Crippen molar-refractivity contribution in [3.8, 4) is 46.5 Å². The summed E-state index contributed by atoms with van der Waals surface area (Å²) in [5.74, 6) is 2.26. The summed E-state index contributed by atoms with van der Waals surface area (Å²) in [6.07, 6.45) is 7.99. The van der Waals surface area contributed by atoms with Gasteiger partial charge >= 0.3 is 0 Å². The van der Waals surface area contributed by atoms with Gasteiger partial charge in [-0.1, -0.05) is 18.9 Å². The minimum Gasteiger partial charge on any atom is -0.489 e. The van der Waals surface area contributed by atoms with Crippen LogP contribution in [0.4, 0.5) is 4.39 Å². The standard InChI is InChI=1S/C26H21FN6O2/c1-4-14-9-22(35-21-7-13(21)2)18(10-28)23(24(14)27)25-19(12-30-33(25)3)15-5-6-16-17(8-15)20(11-29)31-32-26(16)34/h1,5-6,8-9,12-13,21H,7,11,29H2,2-3H3,(H,32,34)/t13-,21+/m1/s1. The number of rotatable bonds is 5. The summed E-state index contributed by atoms with van der Waals surface area (Å²) in [5, 5.41) is 21.9. The van der Waals surface area contributed by atoms with E-state index in [9.17, 15) is 10.1 Å². The summed E-state index contributed by atoms with van der Waals surface area (Å²) in [7, 11) is 1.66. The van der Waals surface area contributed by atoms with Gasteiger partial charge in [0.2, 0.25) is 0 Å². The lowest BCUT2D eigenvalue weighted by atomic mass is 9.94. The predicted octanol–water partition coefficient (Wildman–Crippen LogP) is 3.23. The van der Waals surface area contributed by atoms with Crippen molar-refractivity contribution >= 4 is 10.8 Å². The number of halogens is 1. The van der Waals surface area contributed by atoms with E-state index in [0.717, 1.165) is 6.42 Å². The predicted molar refractivity (Wildman–Crippen MR) is 129 cm³/mol. The molecule has 2 atom stereocenters. The van der Waals surface area contributed by atoms with Gasteiger partial charge in [0.25, 0.3) is 5.56 Å². The number of benzene rings is 2. The fourth-order valence-electron chi connectivity index (χ4n) is 4.27. The molecule has 1 fully saturated rings. The SMILES string of the molecule is C#Cc1cc(O[C@H]2C[C@H]2C)c(C#N)c(-c2c(-c3ccc4c(=O)[nH]nc(CN)c4c3)cnn2C)c1F. The van der Waals surface area contributed by atoms with Crippen LogP contribution in [-0.2, 0) is 13.6 Å². The lowest BCUT2D eigenvalue weighted by Gasteiger charge is -2.16. The van der Waals surface area contributed by atoms with Crippen LogP contribution in [0.2, 0.25) is 0 Å². The minimum absolute atomic E-state index is 0.00545. The second-order valence-electron chi connectivity index (χ2n) is 8.61. The van der Waals surface area contributed by atoms with Crippen molar-refractivity contribution in [3.05, 3.63) is 63.5 Å². The van der Waals surface area contributed by atoms with Crippen molar-refractivity contribution in [2.24, 2.45) is 18.7 Å². The van der Waals surface area contributed by atoms with E-state index in [1.165, 1.54) is 10.7 Å². The van der Waals surface area contributed by atoms with E-state index in [-0.39, 0.29) is 40.6 Å². The average Bonchev–Trinajstić information content (AvgIpc) is 3.42. The summed E-state index contributed by atoms with van der Waals surface area (Å²) in [6, 6.07) is 8.66. The number of aromatic amines is 1. The second kappa shape index (κ2) is 8.39. The highest BCUT2D eigenvalue weighted by atomic mass is 19.1. The molecular weight excluding hydrogens is 447 g/mol. The van der Waals surface area contributed by atoms with Gasteiger partial charge in [0.1, 0.15) is 29.3 Å². The molecule has 5 rings (SSSR count). The van der Waals surface area contributed by atoms with Crippen LogP contribution in [0.25, 0.3) is 33.2 Å². The third kappa shape index (κ3) is 3.63. The number of hydrogen-bond acceptors (Lipinski definition) is 6. The molecule has 1 saturated carbocycles. The lowest BCUT2D eigenvalue weighted by molar-refractivity contribution is 0.287. The van der Waals surface area contributed by atoms with Crippen LogP contribution in [0.5, 0.6) is 5.75 Å². The number of ether oxygens (including phenoxy) is 1. The van der Waals surface area contributed by atoms with Gasteiger partial charge in [0.15, 0.2) is 0 Å². The summed E-state index contributed by atoms with van der Waals surface area (Å²) in [5.41, 5.74) is 7.61. The first-order valence-electron chi connectivity index (χ1n) is 11.0. The molecule has 9 heteroatoms. The number of aromatic nitrogens is 4. The molecule has 1 aliphatic carbocycles. The summed E-state index contributed by atoms with van der Waals surface area (Å²) >= 11 is 0. The Morgan fingerprint density at radius 1 is 1.37 bits per heavy atom. The molecule has 0 spiro atoms. The van der Waals surface area contributed by atoms with Gasteiger partial charge < -0.3 is 10.5 Å². The van der Waals surface area contributed by atoms with Crippen molar-refractivity contribution in [1.82, 2.24) is 20.0 Å². The number of nitriles is 1. The number of hydrogen-bond donors (Lipinski definition) is 2. The lowest BCUT2D eigenvalue weighted by Crippen LogP contribution is -2.13. The molecule has 2 heterocycles. The minimum atomic E-state index is -0.702. The Labute approximate surface area is 200 Å². The zero-order chi connectivity index (χ0) is 24.9. The molecule has 35 heavy (non-hydrogen) atoms. The number of H-pyrrole nitrogens is 1. The number of nitrogens with two attached hydrogens (primary N) is 1. The smallest absolute Gasteiger partial charge is 0.272 e. The molecule has 2 aromatic carbocycles. The molecule has 2 aromatic heterocycles. The van der Waals surface area contributed by atoms with Gasteiger partial charge in [-0.25, -0.2) is 9.49 Å². The summed E-state index contributed by atoms with van der Waals surface area (Å²) < 4.78 is 23.2. The molecule has 1 aliphatic rings. The number of nitrogens with zero attached hydrogens (tertiary/aromatic N) is 4. The number of nitrogens with one attached hydrogen (secondary N) is 1. The Bertz CT molecular complexity index is 1640. The molecule has 8 nitrogen and oxygen atoms in total. The van der Waals surface area contributed by atoms with Gasteiger partial charge in [-0.05, 0) is 30.0 Å². The van der Waals surface area contributed by atoms with Crippen LogP contribution in [-0.4, -0.2) is 26.1 Å². The van der Waals surface area contributed by atoms with Crippen LogP contribution in [0, 0.1) is 35.4 Å². The Morgan fingerprint density at radius 2 is 2.14 bits per heavy atom. The Hall–Kier alpha value is -4.47. The van der Waals surface area contributed by atoms with Crippen LogP contribution in [0.1, 0.15) is 30.2 Å². The van der Waals surface area contributed by atoms with Crippen LogP contribution in [0.15, 0.2) is 35.3 Å². The van der Waals surface area contributed by atoms with E-state index >= 15 is 4.39 Å². The number of aryl methyl sites for hydroxylation is 1. The van der Waals surface area contributed by atoms with Gasteiger partial charge in [0.05, 0.1) is 34.1 Å². The highest BCUT2D eigenvalue weighted by Crippen LogP contribution is 2.42. The van der Waals surface area contributed by atoms with Crippen molar-refractivity contribution in [2.45, 2.75) is 26.0 Å². The molecule has 174 valence electrons. The number of terminal acetylenes is 1. The molecule has 3 N–H and O–H groups in total. The molecular formula is C26H21FN6O2. The van der Waals surface area contributed by atoms with E-state index < -0.39 is 5.82 Å². The first-order valence-corrected chi connectivity index (χ1v) is 11.0. The maximum atomic E-state index is 15.7. The first kappa shape index (κ1) is 22.3. The van der Waals surface area contributed by atoms with E-state index in [1.54, 1.807) is 31.4 Å². The van der Waals surface area contributed by atoms with Gasteiger partial charge in [-0.15, -0.1) is 6.42 Å². The average molecular weight is 468 g/mol. The number of fused-ring (bicyclic) bond motifs is 1. The third-order valence-electron chi connectivity index (χ3n) is 6.36. The van der Waals surface area contributed by atoms with E-state index in [1.807, 2.05) is 6.92 Å². The zero-order valence-electron chi connectivity index (χ0n) is 19.1. The van der Waals surface area contributed by atoms with Crippen molar-refractivity contribution in [1.29, 1.82) is 5.26 Å². The van der Waals surface area contributed by atoms with Crippen LogP contribution in [0.3, 0.4) is 0 Å². The Kier molecular flexibility index (Phi) is 5.35. The quantitative estimate of drug-likeness (QED) is 0.434. The molecule has 0 unspecified atom stereocenters. The topological polar surface area (TPSA) is 123 Å². The maximum absolute atomic E-state index is 15.7. The molecule has 0 amide bonds. The second-order valence-corrected chi connectivity index (χ2v) is 8.61. The Morgan fingerprint density at radius 3 is 2.80 bits per heavy atom. The maximum Gasteiger partial charge on any atom is 0.272 e. The summed E-state index contributed by atoms with van der Waals surface area (Å²) in [6.45, 7) is 2.16.